The number of aromatic nitrogens is 4. The van der Waals surface area contributed by atoms with Crippen molar-refractivity contribution in [1.82, 2.24) is 19.7 Å². The summed E-state index contributed by atoms with van der Waals surface area (Å²) in [6, 6.07) is 11.6. The predicted molar refractivity (Wildman–Crippen MR) is 128 cm³/mol. The molecule has 0 atom stereocenters. The van der Waals surface area contributed by atoms with Crippen molar-refractivity contribution in [3.8, 4) is 11.6 Å². The Morgan fingerprint density at radius 1 is 1.03 bits per heavy atom. The van der Waals surface area contributed by atoms with E-state index in [1.54, 1.807) is 7.11 Å². The third kappa shape index (κ3) is 4.30. The van der Waals surface area contributed by atoms with Gasteiger partial charge in [0.2, 0.25) is 5.88 Å². The molecule has 0 aliphatic heterocycles. The van der Waals surface area contributed by atoms with Crippen LogP contribution in [0.25, 0.3) is 10.9 Å². The van der Waals surface area contributed by atoms with Crippen LogP contribution in [0.5, 0.6) is 11.6 Å². The predicted octanol–water partition coefficient (Wildman–Crippen LogP) is 5.26. The van der Waals surface area contributed by atoms with Gasteiger partial charge in [0.15, 0.2) is 5.82 Å². The maximum Gasteiger partial charge on any atom is 0.215 e. The summed E-state index contributed by atoms with van der Waals surface area (Å²) in [6.45, 7) is 8.04. The number of hydrogen-bond donors (Lipinski definition) is 2. The number of benzene rings is 1. The first-order valence-corrected chi connectivity index (χ1v) is 10.5. The molecule has 8 heteroatoms. The van der Waals surface area contributed by atoms with Crippen molar-refractivity contribution in [2.24, 2.45) is 7.05 Å². The maximum absolute atomic E-state index is 5.67. The third-order valence-electron chi connectivity index (χ3n) is 5.16. The van der Waals surface area contributed by atoms with Gasteiger partial charge in [-0.25, -0.2) is 4.98 Å². The number of aryl methyl sites for hydroxylation is 2. The second-order valence-electron chi connectivity index (χ2n) is 7.92. The Bertz CT molecular complexity index is 1270. The molecule has 2 N–H and O–H groups in total. The zero-order valence-electron chi connectivity index (χ0n) is 19.2. The Morgan fingerprint density at radius 2 is 1.84 bits per heavy atom. The van der Waals surface area contributed by atoms with Crippen molar-refractivity contribution >= 4 is 34.0 Å². The summed E-state index contributed by atoms with van der Waals surface area (Å²) in [5, 5.41) is 12.3. The minimum atomic E-state index is 0.0597. The van der Waals surface area contributed by atoms with Crippen LogP contribution in [0.4, 0.5) is 23.1 Å². The van der Waals surface area contributed by atoms with E-state index in [0.717, 1.165) is 39.3 Å². The standard InChI is InChI=1S/C24H28N6O2/c1-14(2)32-22-9-7-8-20(27-22)26-21-12-18-17(13-25-21)24(29-30(18)5)28-23-15(3)10-11-19(31-6)16(23)4/h7-14H,1-6H3,(H,28,29)(H,25,26,27). The van der Waals surface area contributed by atoms with Gasteiger partial charge in [0, 0.05) is 36.6 Å². The quantitative estimate of drug-likeness (QED) is 0.412. The van der Waals surface area contributed by atoms with Crippen molar-refractivity contribution < 1.29 is 9.47 Å². The Labute approximate surface area is 187 Å². The summed E-state index contributed by atoms with van der Waals surface area (Å²) in [4.78, 5) is 9.06. The average Bonchev–Trinajstić information content (AvgIpc) is 3.06. The van der Waals surface area contributed by atoms with Crippen molar-refractivity contribution in [3.05, 3.63) is 53.7 Å². The van der Waals surface area contributed by atoms with Crippen LogP contribution in [-0.4, -0.2) is 33.0 Å². The van der Waals surface area contributed by atoms with Gasteiger partial charge >= 0.3 is 0 Å². The van der Waals surface area contributed by atoms with E-state index < -0.39 is 0 Å². The zero-order chi connectivity index (χ0) is 22.8. The highest BCUT2D eigenvalue weighted by molar-refractivity contribution is 5.93. The first kappa shape index (κ1) is 21.4. The topological polar surface area (TPSA) is 86.1 Å². The summed E-state index contributed by atoms with van der Waals surface area (Å²) in [7, 11) is 3.59. The number of nitrogens with one attached hydrogen (secondary N) is 2. The van der Waals surface area contributed by atoms with Gasteiger partial charge in [-0.15, -0.1) is 0 Å². The van der Waals surface area contributed by atoms with Gasteiger partial charge in [-0.1, -0.05) is 12.1 Å². The van der Waals surface area contributed by atoms with Gasteiger partial charge in [-0.3, -0.25) is 4.68 Å². The minimum Gasteiger partial charge on any atom is -0.496 e. The average molecular weight is 433 g/mol. The number of pyridine rings is 2. The van der Waals surface area contributed by atoms with E-state index in [4.69, 9.17) is 9.47 Å². The molecule has 0 aliphatic rings. The molecule has 0 aliphatic carbocycles. The van der Waals surface area contributed by atoms with E-state index in [9.17, 15) is 0 Å². The van der Waals surface area contributed by atoms with Gasteiger partial charge in [0.1, 0.15) is 17.4 Å². The Hall–Kier alpha value is -3.81. The first-order chi connectivity index (χ1) is 15.4. The molecule has 32 heavy (non-hydrogen) atoms. The number of methoxy groups -OCH3 is 1. The molecule has 0 saturated carbocycles. The fourth-order valence-electron chi connectivity index (χ4n) is 3.60. The Balaban J connectivity index is 1.63. The smallest absolute Gasteiger partial charge is 0.215 e. The van der Waals surface area contributed by atoms with Crippen LogP contribution < -0.4 is 20.1 Å². The lowest BCUT2D eigenvalue weighted by Gasteiger charge is -2.14. The SMILES string of the molecule is COc1ccc(C)c(Nc2nn(C)c3cc(Nc4cccc(OC(C)C)n4)ncc23)c1C. The number of nitrogens with zero attached hydrogens (tertiary/aromatic N) is 4. The lowest BCUT2D eigenvalue weighted by Crippen LogP contribution is -2.07. The van der Waals surface area contributed by atoms with Crippen LogP contribution in [0.1, 0.15) is 25.0 Å². The van der Waals surface area contributed by atoms with Crippen molar-refractivity contribution in [3.63, 3.8) is 0 Å². The van der Waals surface area contributed by atoms with E-state index >= 15 is 0 Å². The highest BCUT2D eigenvalue weighted by Crippen LogP contribution is 2.33. The largest absolute Gasteiger partial charge is 0.496 e. The highest BCUT2D eigenvalue weighted by atomic mass is 16.5. The van der Waals surface area contributed by atoms with Crippen LogP contribution in [-0.2, 0) is 7.05 Å². The number of rotatable bonds is 7. The minimum absolute atomic E-state index is 0.0597. The molecule has 0 amide bonds. The summed E-state index contributed by atoms with van der Waals surface area (Å²) in [6.07, 6.45) is 1.87. The summed E-state index contributed by atoms with van der Waals surface area (Å²) >= 11 is 0. The Morgan fingerprint density at radius 3 is 2.59 bits per heavy atom. The summed E-state index contributed by atoms with van der Waals surface area (Å²) in [5.74, 6) is 3.49. The number of fused-ring (bicyclic) bond motifs is 1. The number of anilines is 4. The second-order valence-corrected chi connectivity index (χ2v) is 7.92. The van der Waals surface area contributed by atoms with E-state index in [-0.39, 0.29) is 6.10 Å². The van der Waals surface area contributed by atoms with Crippen LogP contribution >= 0.6 is 0 Å². The molecule has 0 spiro atoms. The van der Waals surface area contributed by atoms with E-state index in [1.165, 1.54) is 0 Å². The van der Waals surface area contributed by atoms with Gasteiger partial charge in [0.25, 0.3) is 0 Å². The fraction of sp³-hybridized carbons (Fsp3) is 0.292. The molecular formula is C24H28N6O2. The highest BCUT2D eigenvalue weighted by Gasteiger charge is 2.15. The summed E-state index contributed by atoms with van der Waals surface area (Å²) in [5.41, 5.74) is 4.07. The molecule has 166 valence electrons. The molecule has 0 fully saturated rings. The molecule has 4 aromatic rings. The number of hydrogen-bond acceptors (Lipinski definition) is 7. The van der Waals surface area contributed by atoms with Crippen LogP contribution in [0, 0.1) is 13.8 Å². The lowest BCUT2D eigenvalue weighted by molar-refractivity contribution is 0.233. The van der Waals surface area contributed by atoms with E-state index in [2.05, 4.69) is 32.6 Å². The van der Waals surface area contributed by atoms with Gasteiger partial charge in [0.05, 0.1) is 24.1 Å². The summed E-state index contributed by atoms with van der Waals surface area (Å²) < 4.78 is 13.0. The lowest BCUT2D eigenvalue weighted by atomic mass is 10.1. The van der Waals surface area contributed by atoms with Crippen LogP contribution in [0.2, 0.25) is 0 Å². The second kappa shape index (κ2) is 8.74. The molecule has 8 nitrogen and oxygen atoms in total. The van der Waals surface area contributed by atoms with Gasteiger partial charge in [-0.05, 0) is 45.4 Å². The van der Waals surface area contributed by atoms with Crippen LogP contribution in [0.15, 0.2) is 42.6 Å². The first-order valence-electron chi connectivity index (χ1n) is 10.5. The van der Waals surface area contributed by atoms with Crippen molar-refractivity contribution in [2.75, 3.05) is 17.7 Å². The van der Waals surface area contributed by atoms with Crippen molar-refractivity contribution in [1.29, 1.82) is 0 Å². The third-order valence-corrected chi connectivity index (χ3v) is 5.16. The molecule has 1 aromatic carbocycles. The molecule has 0 bridgehead atoms. The molecule has 0 radical (unpaired) electrons. The van der Waals surface area contributed by atoms with Gasteiger partial charge < -0.3 is 20.1 Å². The molecule has 0 unspecified atom stereocenters. The van der Waals surface area contributed by atoms with E-state index in [0.29, 0.717) is 17.5 Å². The van der Waals surface area contributed by atoms with Gasteiger partial charge in [-0.2, -0.15) is 10.1 Å². The number of ether oxygens (including phenoxy) is 2. The van der Waals surface area contributed by atoms with E-state index in [1.807, 2.05) is 75.1 Å². The molecule has 3 heterocycles. The molecule has 4 rings (SSSR count). The zero-order valence-corrected chi connectivity index (χ0v) is 19.2. The molecule has 0 saturated heterocycles. The maximum atomic E-state index is 5.67. The Kier molecular flexibility index (Phi) is 5.85. The monoisotopic (exact) mass is 432 g/mol. The fourth-order valence-corrected chi connectivity index (χ4v) is 3.60. The van der Waals surface area contributed by atoms with Crippen molar-refractivity contribution in [2.45, 2.75) is 33.8 Å². The van der Waals surface area contributed by atoms with Crippen LogP contribution in [0.3, 0.4) is 0 Å². The molecule has 3 aromatic heterocycles. The normalized spacial score (nSPS) is 11.1. The molecular weight excluding hydrogens is 404 g/mol.